The molecule has 0 bridgehead atoms. The van der Waals surface area contributed by atoms with Crippen LogP contribution in [-0.2, 0) is 11.3 Å². The van der Waals surface area contributed by atoms with Crippen molar-refractivity contribution < 1.29 is 9.53 Å². The first-order valence-electron chi connectivity index (χ1n) is 10.7. The molecule has 172 valence electrons. The molecule has 7 nitrogen and oxygen atoms in total. The Labute approximate surface area is 206 Å². The van der Waals surface area contributed by atoms with Gasteiger partial charge in [-0.25, -0.2) is 4.68 Å². The van der Waals surface area contributed by atoms with Crippen molar-refractivity contribution >= 4 is 29.3 Å². The summed E-state index contributed by atoms with van der Waals surface area (Å²) in [6.07, 6.45) is 0. The molecule has 0 spiro atoms. The SMILES string of the molecule is COc1ccc([C@H]2Nn3c(nnc3-c3ccccc3)S[C@H]2C(=O)NCc2ccccc2)cc1Cl. The van der Waals surface area contributed by atoms with Gasteiger partial charge in [0.2, 0.25) is 11.1 Å². The lowest BCUT2D eigenvalue weighted by Crippen LogP contribution is -2.43. The van der Waals surface area contributed by atoms with Gasteiger partial charge in [-0.2, -0.15) is 0 Å². The van der Waals surface area contributed by atoms with Gasteiger partial charge in [-0.15, -0.1) is 10.2 Å². The van der Waals surface area contributed by atoms with Crippen molar-refractivity contribution in [3.8, 4) is 17.1 Å². The number of nitrogens with one attached hydrogen (secondary N) is 2. The number of aromatic nitrogens is 3. The van der Waals surface area contributed by atoms with E-state index in [1.165, 1.54) is 11.8 Å². The number of carbonyl (C=O) groups excluding carboxylic acids is 1. The number of benzene rings is 3. The molecule has 0 radical (unpaired) electrons. The quantitative estimate of drug-likeness (QED) is 0.407. The van der Waals surface area contributed by atoms with E-state index in [4.69, 9.17) is 16.3 Å². The standard InChI is InChI=1S/C25H22ClN5O2S/c1-33-20-13-12-18(14-19(20)26)21-22(24(32)27-15-16-8-4-2-5-9-16)34-25-29-28-23(31(25)30-21)17-10-6-3-7-11-17/h2-14,21-22,30H,15H2,1H3,(H,27,32)/t21-,22-/m1/s1. The highest BCUT2D eigenvalue weighted by Crippen LogP contribution is 2.40. The number of nitrogens with zero attached hydrogens (tertiary/aromatic N) is 3. The highest BCUT2D eigenvalue weighted by atomic mass is 35.5. The van der Waals surface area contributed by atoms with E-state index in [2.05, 4.69) is 20.9 Å². The third-order valence-corrected chi connectivity index (χ3v) is 7.08. The van der Waals surface area contributed by atoms with E-state index in [1.54, 1.807) is 7.11 Å². The lowest BCUT2D eigenvalue weighted by atomic mass is 10.0. The number of amides is 1. The molecule has 1 amide bonds. The monoisotopic (exact) mass is 491 g/mol. The van der Waals surface area contributed by atoms with Gasteiger partial charge in [0.05, 0.1) is 18.2 Å². The molecule has 1 aliphatic rings. The number of halogens is 1. The topological polar surface area (TPSA) is 81.1 Å². The second-order valence-electron chi connectivity index (χ2n) is 7.75. The van der Waals surface area contributed by atoms with Gasteiger partial charge < -0.3 is 15.5 Å². The van der Waals surface area contributed by atoms with Gasteiger partial charge in [-0.05, 0) is 23.3 Å². The minimum absolute atomic E-state index is 0.103. The molecule has 2 N–H and O–H groups in total. The van der Waals surface area contributed by atoms with E-state index in [0.717, 1.165) is 16.7 Å². The molecule has 1 aromatic heterocycles. The number of hydrogen-bond acceptors (Lipinski definition) is 6. The third-order valence-electron chi connectivity index (χ3n) is 5.57. The Bertz CT molecular complexity index is 1300. The van der Waals surface area contributed by atoms with Crippen LogP contribution in [0.25, 0.3) is 11.4 Å². The summed E-state index contributed by atoms with van der Waals surface area (Å²) >= 11 is 7.81. The molecule has 0 saturated carbocycles. The summed E-state index contributed by atoms with van der Waals surface area (Å²) in [4.78, 5) is 13.4. The Kier molecular flexibility index (Phi) is 6.42. The predicted octanol–water partition coefficient (Wildman–Crippen LogP) is 4.68. The van der Waals surface area contributed by atoms with E-state index in [0.29, 0.717) is 28.3 Å². The number of methoxy groups -OCH3 is 1. The summed E-state index contributed by atoms with van der Waals surface area (Å²) in [6, 6.07) is 24.8. The fourth-order valence-electron chi connectivity index (χ4n) is 3.84. The summed E-state index contributed by atoms with van der Waals surface area (Å²) in [5.41, 5.74) is 6.28. The minimum atomic E-state index is -0.492. The van der Waals surface area contributed by atoms with E-state index in [-0.39, 0.29) is 11.9 Å². The van der Waals surface area contributed by atoms with Gasteiger partial charge >= 0.3 is 0 Å². The van der Waals surface area contributed by atoms with Crippen LogP contribution >= 0.6 is 23.4 Å². The fraction of sp³-hybridized carbons (Fsp3) is 0.160. The molecule has 1 aliphatic heterocycles. The van der Waals surface area contributed by atoms with Crippen molar-refractivity contribution in [2.75, 3.05) is 12.5 Å². The Hall–Kier alpha value is -3.49. The molecule has 0 saturated heterocycles. The summed E-state index contributed by atoms with van der Waals surface area (Å²) in [5.74, 6) is 1.15. The van der Waals surface area contributed by atoms with Crippen molar-refractivity contribution in [2.45, 2.75) is 23.0 Å². The van der Waals surface area contributed by atoms with E-state index < -0.39 is 5.25 Å². The van der Waals surface area contributed by atoms with Crippen LogP contribution in [0.15, 0.2) is 84.0 Å². The van der Waals surface area contributed by atoms with Gasteiger partial charge in [-0.3, -0.25) is 4.79 Å². The van der Waals surface area contributed by atoms with E-state index >= 15 is 0 Å². The van der Waals surface area contributed by atoms with Crippen LogP contribution in [0.2, 0.25) is 5.02 Å². The van der Waals surface area contributed by atoms with Crippen LogP contribution in [-0.4, -0.2) is 33.1 Å². The van der Waals surface area contributed by atoms with Crippen molar-refractivity contribution in [2.24, 2.45) is 0 Å². The second-order valence-corrected chi connectivity index (χ2v) is 9.27. The van der Waals surface area contributed by atoms with Crippen molar-refractivity contribution in [1.82, 2.24) is 20.2 Å². The summed E-state index contributed by atoms with van der Waals surface area (Å²) < 4.78 is 7.14. The van der Waals surface area contributed by atoms with E-state index in [1.807, 2.05) is 83.5 Å². The van der Waals surface area contributed by atoms with Crippen LogP contribution < -0.4 is 15.5 Å². The van der Waals surface area contributed by atoms with Gasteiger partial charge in [0.15, 0.2) is 5.82 Å². The Morgan fingerprint density at radius 1 is 1.09 bits per heavy atom. The first-order chi connectivity index (χ1) is 16.6. The number of thioether (sulfide) groups is 1. The zero-order valence-electron chi connectivity index (χ0n) is 18.3. The van der Waals surface area contributed by atoms with Gasteiger partial charge in [0.1, 0.15) is 11.0 Å². The van der Waals surface area contributed by atoms with Crippen LogP contribution in [0.1, 0.15) is 17.2 Å². The van der Waals surface area contributed by atoms with Crippen LogP contribution in [0.4, 0.5) is 0 Å². The molecule has 3 aromatic carbocycles. The van der Waals surface area contributed by atoms with Crippen molar-refractivity contribution in [1.29, 1.82) is 0 Å². The molecule has 2 heterocycles. The number of fused-ring (bicyclic) bond motifs is 1. The first kappa shape index (κ1) is 22.3. The Balaban J connectivity index is 1.48. The van der Waals surface area contributed by atoms with Crippen LogP contribution in [0.3, 0.4) is 0 Å². The highest BCUT2D eigenvalue weighted by molar-refractivity contribution is 8.00. The average Bonchev–Trinajstić information content (AvgIpc) is 3.30. The second kappa shape index (κ2) is 9.79. The fourth-order valence-corrected chi connectivity index (χ4v) is 5.21. The van der Waals surface area contributed by atoms with Crippen LogP contribution in [0, 0.1) is 0 Å². The molecular weight excluding hydrogens is 470 g/mol. The molecule has 0 fully saturated rings. The summed E-state index contributed by atoms with van der Waals surface area (Å²) in [6.45, 7) is 0.439. The maximum atomic E-state index is 13.4. The van der Waals surface area contributed by atoms with Crippen LogP contribution in [0.5, 0.6) is 5.75 Å². The number of carbonyl (C=O) groups is 1. The molecule has 34 heavy (non-hydrogen) atoms. The average molecular weight is 492 g/mol. The summed E-state index contributed by atoms with van der Waals surface area (Å²) in [7, 11) is 1.57. The lowest BCUT2D eigenvalue weighted by Gasteiger charge is -2.33. The van der Waals surface area contributed by atoms with Gasteiger partial charge in [-0.1, -0.05) is 90.1 Å². The highest BCUT2D eigenvalue weighted by Gasteiger charge is 2.38. The zero-order valence-corrected chi connectivity index (χ0v) is 19.9. The number of ether oxygens (including phenoxy) is 1. The predicted molar refractivity (Wildman–Crippen MR) is 133 cm³/mol. The molecule has 0 aliphatic carbocycles. The number of hydrogen-bond donors (Lipinski definition) is 2. The first-order valence-corrected chi connectivity index (χ1v) is 12.0. The maximum Gasteiger partial charge on any atom is 0.236 e. The van der Waals surface area contributed by atoms with Crippen molar-refractivity contribution in [3.05, 3.63) is 95.0 Å². The maximum absolute atomic E-state index is 13.4. The minimum Gasteiger partial charge on any atom is -0.495 e. The number of rotatable bonds is 6. The largest absolute Gasteiger partial charge is 0.495 e. The Morgan fingerprint density at radius 3 is 2.53 bits per heavy atom. The van der Waals surface area contributed by atoms with Crippen molar-refractivity contribution in [3.63, 3.8) is 0 Å². The normalized spacial score (nSPS) is 16.9. The summed E-state index contributed by atoms with van der Waals surface area (Å²) in [5, 5.41) is 12.4. The Morgan fingerprint density at radius 2 is 1.82 bits per heavy atom. The van der Waals surface area contributed by atoms with Gasteiger partial charge in [0, 0.05) is 12.1 Å². The molecule has 9 heteroatoms. The third kappa shape index (κ3) is 4.47. The zero-order chi connectivity index (χ0) is 23.5. The van der Waals surface area contributed by atoms with E-state index in [9.17, 15) is 4.79 Å². The van der Waals surface area contributed by atoms with Gasteiger partial charge in [0.25, 0.3) is 0 Å². The molecular formula is C25H22ClN5O2S. The molecule has 0 unspecified atom stereocenters. The molecule has 2 atom stereocenters. The lowest BCUT2D eigenvalue weighted by molar-refractivity contribution is -0.121. The molecule has 4 aromatic rings. The smallest absolute Gasteiger partial charge is 0.236 e. The molecule has 5 rings (SSSR count).